The number of pyridine rings is 2. The number of ether oxygens (including phenoxy) is 1. The van der Waals surface area contributed by atoms with Crippen molar-refractivity contribution in [1.82, 2.24) is 9.97 Å². The molecule has 0 saturated heterocycles. The van der Waals surface area contributed by atoms with E-state index < -0.39 is 0 Å². The van der Waals surface area contributed by atoms with E-state index in [0.717, 1.165) is 39.6 Å². The zero-order chi connectivity index (χ0) is 18.6. The van der Waals surface area contributed by atoms with Gasteiger partial charge in [-0.3, -0.25) is 9.97 Å². The summed E-state index contributed by atoms with van der Waals surface area (Å²) in [5.41, 5.74) is 6.29. The molecule has 0 bridgehead atoms. The maximum absolute atomic E-state index is 6.18. The standard InChI is InChI=1S/C24H20N2O/c1-17-13-19(23-7-3-5-11-25-23)15-21(14-17)27-20-10-9-18(2)22(16-20)24-8-4-6-12-26-24/h3-16H,1-2H3. The van der Waals surface area contributed by atoms with Gasteiger partial charge in [0, 0.05) is 23.5 Å². The number of hydrogen-bond donors (Lipinski definition) is 0. The molecule has 0 amide bonds. The Kier molecular flexibility index (Phi) is 4.67. The van der Waals surface area contributed by atoms with E-state index in [1.807, 2.05) is 66.9 Å². The Morgan fingerprint density at radius 1 is 0.667 bits per heavy atom. The summed E-state index contributed by atoms with van der Waals surface area (Å²) < 4.78 is 6.18. The van der Waals surface area contributed by atoms with Crippen LogP contribution in [0.4, 0.5) is 0 Å². The van der Waals surface area contributed by atoms with E-state index in [1.165, 1.54) is 5.56 Å². The summed E-state index contributed by atoms with van der Waals surface area (Å²) in [6.45, 7) is 4.15. The number of hydrogen-bond acceptors (Lipinski definition) is 3. The molecule has 4 rings (SSSR count). The molecule has 0 fully saturated rings. The summed E-state index contributed by atoms with van der Waals surface area (Å²) in [6.07, 6.45) is 3.61. The maximum Gasteiger partial charge on any atom is 0.128 e. The van der Waals surface area contributed by atoms with Gasteiger partial charge in [0.1, 0.15) is 11.5 Å². The molecule has 2 heterocycles. The van der Waals surface area contributed by atoms with Gasteiger partial charge < -0.3 is 4.74 Å². The first-order valence-corrected chi connectivity index (χ1v) is 8.92. The van der Waals surface area contributed by atoms with Crippen molar-refractivity contribution in [2.75, 3.05) is 0 Å². The molecule has 0 aliphatic carbocycles. The van der Waals surface area contributed by atoms with E-state index in [-0.39, 0.29) is 0 Å². The van der Waals surface area contributed by atoms with Gasteiger partial charge in [-0.05, 0) is 79.6 Å². The summed E-state index contributed by atoms with van der Waals surface area (Å²) in [5, 5.41) is 0. The maximum atomic E-state index is 6.18. The Balaban J connectivity index is 1.68. The first-order chi connectivity index (χ1) is 13.2. The van der Waals surface area contributed by atoms with E-state index in [2.05, 4.69) is 35.9 Å². The summed E-state index contributed by atoms with van der Waals surface area (Å²) in [4.78, 5) is 8.90. The van der Waals surface area contributed by atoms with Crippen molar-refractivity contribution in [1.29, 1.82) is 0 Å². The molecule has 0 spiro atoms. The summed E-state index contributed by atoms with van der Waals surface area (Å²) >= 11 is 0. The Morgan fingerprint density at radius 2 is 1.41 bits per heavy atom. The van der Waals surface area contributed by atoms with Crippen LogP contribution in [0.2, 0.25) is 0 Å². The third-order valence-corrected chi connectivity index (χ3v) is 4.40. The molecule has 0 saturated carbocycles. The van der Waals surface area contributed by atoms with Crippen molar-refractivity contribution in [3.8, 4) is 34.0 Å². The lowest BCUT2D eigenvalue weighted by molar-refractivity contribution is 0.482. The van der Waals surface area contributed by atoms with E-state index in [4.69, 9.17) is 4.74 Å². The second kappa shape index (κ2) is 7.42. The fourth-order valence-electron chi connectivity index (χ4n) is 3.09. The number of benzene rings is 2. The normalized spacial score (nSPS) is 10.6. The third-order valence-electron chi connectivity index (χ3n) is 4.40. The number of nitrogens with zero attached hydrogens (tertiary/aromatic N) is 2. The Morgan fingerprint density at radius 3 is 2.11 bits per heavy atom. The minimum absolute atomic E-state index is 0.791. The zero-order valence-corrected chi connectivity index (χ0v) is 15.4. The molecule has 0 aliphatic rings. The van der Waals surface area contributed by atoms with E-state index in [0.29, 0.717) is 0 Å². The smallest absolute Gasteiger partial charge is 0.128 e. The largest absolute Gasteiger partial charge is 0.457 e. The molecule has 0 N–H and O–H groups in total. The minimum Gasteiger partial charge on any atom is -0.457 e. The van der Waals surface area contributed by atoms with Crippen LogP contribution in [0, 0.1) is 13.8 Å². The molecule has 0 unspecified atom stereocenters. The first kappa shape index (κ1) is 17.0. The molecule has 0 atom stereocenters. The highest BCUT2D eigenvalue weighted by Gasteiger charge is 2.08. The molecule has 0 aliphatic heterocycles. The monoisotopic (exact) mass is 352 g/mol. The van der Waals surface area contributed by atoms with Gasteiger partial charge in [0.2, 0.25) is 0 Å². The van der Waals surface area contributed by atoms with Crippen LogP contribution in [0.1, 0.15) is 11.1 Å². The molecule has 0 radical (unpaired) electrons. The molecule has 3 heteroatoms. The van der Waals surface area contributed by atoms with Gasteiger partial charge in [0.15, 0.2) is 0 Å². The van der Waals surface area contributed by atoms with Crippen LogP contribution in [0.25, 0.3) is 22.5 Å². The van der Waals surface area contributed by atoms with Crippen LogP contribution < -0.4 is 4.74 Å². The van der Waals surface area contributed by atoms with Gasteiger partial charge in [-0.1, -0.05) is 18.2 Å². The van der Waals surface area contributed by atoms with Gasteiger partial charge in [-0.2, -0.15) is 0 Å². The predicted molar refractivity (Wildman–Crippen MR) is 109 cm³/mol. The quantitative estimate of drug-likeness (QED) is 0.437. The van der Waals surface area contributed by atoms with Crippen molar-refractivity contribution >= 4 is 0 Å². The van der Waals surface area contributed by atoms with Crippen molar-refractivity contribution < 1.29 is 4.74 Å². The van der Waals surface area contributed by atoms with Crippen LogP contribution in [-0.4, -0.2) is 9.97 Å². The molecule has 4 aromatic rings. The minimum atomic E-state index is 0.791. The van der Waals surface area contributed by atoms with Crippen LogP contribution in [0.15, 0.2) is 85.2 Å². The average molecular weight is 352 g/mol. The predicted octanol–water partition coefficient (Wildman–Crippen LogP) is 6.22. The van der Waals surface area contributed by atoms with Crippen LogP contribution in [0.3, 0.4) is 0 Å². The molecule has 2 aromatic carbocycles. The number of rotatable bonds is 4. The molecule has 2 aromatic heterocycles. The van der Waals surface area contributed by atoms with Crippen LogP contribution >= 0.6 is 0 Å². The van der Waals surface area contributed by atoms with Gasteiger partial charge in [-0.15, -0.1) is 0 Å². The van der Waals surface area contributed by atoms with Crippen molar-refractivity contribution in [2.45, 2.75) is 13.8 Å². The highest BCUT2D eigenvalue weighted by atomic mass is 16.5. The number of aromatic nitrogens is 2. The van der Waals surface area contributed by atoms with Crippen molar-refractivity contribution in [3.05, 3.63) is 96.3 Å². The Bertz CT molecular complexity index is 1060. The molecule has 3 nitrogen and oxygen atoms in total. The Labute approximate surface area is 159 Å². The second-order valence-electron chi connectivity index (χ2n) is 6.54. The molecule has 132 valence electrons. The fourth-order valence-corrected chi connectivity index (χ4v) is 3.09. The van der Waals surface area contributed by atoms with Crippen LogP contribution in [0.5, 0.6) is 11.5 Å². The average Bonchev–Trinajstić information content (AvgIpc) is 2.70. The van der Waals surface area contributed by atoms with Gasteiger partial charge in [0.25, 0.3) is 0 Å². The highest BCUT2D eigenvalue weighted by molar-refractivity contribution is 5.66. The lowest BCUT2D eigenvalue weighted by Gasteiger charge is -2.12. The molecular weight excluding hydrogens is 332 g/mol. The van der Waals surface area contributed by atoms with Gasteiger partial charge in [0.05, 0.1) is 11.4 Å². The lowest BCUT2D eigenvalue weighted by atomic mass is 10.0. The van der Waals surface area contributed by atoms with Gasteiger partial charge >= 0.3 is 0 Å². The topological polar surface area (TPSA) is 35.0 Å². The summed E-state index contributed by atoms with van der Waals surface area (Å²) in [7, 11) is 0. The Hall–Kier alpha value is -3.46. The zero-order valence-electron chi connectivity index (χ0n) is 15.4. The summed E-state index contributed by atoms with van der Waals surface area (Å²) in [5.74, 6) is 1.59. The highest BCUT2D eigenvalue weighted by Crippen LogP contribution is 2.31. The van der Waals surface area contributed by atoms with E-state index in [9.17, 15) is 0 Å². The lowest BCUT2D eigenvalue weighted by Crippen LogP contribution is -1.91. The van der Waals surface area contributed by atoms with Crippen molar-refractivity contribution in [3.63, 3.8) is 0 Å². The number of aryl methyl sites for hydroxylation is 2. The van der Waals surface area contributed by atoms with Crippen molar-refractivity contribution in [2.24, 2.45) is 0 Å². The van der Waals surface area contributed by atoms with Crippen LogP contribution in [-0.2, 0) is 0 Å². The van der Waals surface area contributed by atoms with E-state index >= 15 is 0 Å². The van der Waals surface area contributed by atoms with E-state index in [1.54, 1.807) is 6.20 Å². The summed E-state index contributed by atoms with van der Waals surface area (Å²) in [6, 6.07) is 24.1. The fraction of sp³-hybridized carbons (Fsp3) is 0.0833. The first-order valence-electron chi connectivity index (χ1n) is 8.92. The molecular formula is C24H20N2O. The van der Waals surface area contributed by atoms with Gasteiger partial charge in [-0.25, -0.2) is 0 Å². The molecule has 27 heavy (non-hydrogen) atoms. The second-order valence-corrected chi connectivity index (χ2v) is 6.54. The SMILES string of the molecule is Cc1cc(Oc2ccc(C)c(-c3ccccn3)c2)cc(-c2ccccn2)c1. The third kappa shape index (κ3) is 3.87.